The number of benzene rings is 2. The van der Waals surface area contributed by atoms with E-state index in [1.54, 1.807) is 57.2 Å². The van der Waals surface area contributed by atoms with Crippen molar-refractivity contribution in [2.24, 2.45) is 0 Å². The largest absolute Gasteiger partial charge is 0.458 e. The lowest BCUT2D eigenvalue weighted by Crippen LogP contribution is -2.52. The summed E-state index contributed by atoms with van der Waals surface area (Å²) in [5, 5.41) is 11.7. The van der Waals surface area contributed by atoms with Crippen molar-refractivity contribution in [3.05, 3.63) is 59.7 Å². The van der Waals surface area contributed by atoms with Crippen molar-refractivity contribution in [3.63, 3.8) is 0 Å². The number of hydrogen-bond acceptors (Lipinski definition) is 8. The van der Waals surface area contributed by atoms with Crippen molar-refractivity contribution in [3.8, 4) is 5.75 Å². The van der Waals surface area contributed by atoms with Crippen LogP contribution in [0.15, 0.2) is 53.4 Å². The zero-order chi connectivity index (χ0) is 30.4. The first kappa shape index (κ1) is 32.0. The Balaban J connectivity index is 1.77. The number of ether oxygens (including phenoxy) is 2. The summed E-state index contributed by atoms with van der Waals surface area (Å²) in [5.41, 5.74) is 0.757. The summed E-state index contributed by atoms with van der Waals surface area (Å²) in [7, 11) is -2.42. The number of esters is 1. The number of carbonyl (C=O) groups is 3. The number of carbonyl (C=O) groups excluding carboxylic acids is 3. The molecule has 0 spiro atoms. The van der Waals surface area contributed by atoms with Gasteiger partial charge in [-0.15, -0.1) is 0 Å². The molecule has 1 aliphatic heterocycles. The van der Waals surface area contributed by atoms with E-state index in [1.807, 2.05) is 6.92 Å². The van der Waals surface area contributed by atoms with Crippen LogP contribution in [0.4, 0.5) is 4.79 Å². The van der Waals surface area contributed by atoms with E-state index in [0.29, 0.717) is 18.4 Å². The fourth-order valence-electron chi connectivity index (χ4n) is 4.32. The van der Waals surface area contributed by atoms with Crippen LogP contribution >= 0.6 is 0 Å². The molecule has 0 aromatic heterocycles. The second-order valence-corrected chi connectivity index (χ2v) is 12.9. The maximum Gasteiger partial charge on any atom is 0.415 e. The van der Waals surface area contributed by atoms with Gasteiger partial charge in [-0.05, 0) is 70.4 Å². The van der Waals surface area contributed by atoms with Crippen LogP contribution in [0.2, 0.25) is 0 Å². The van der Waals surface area contributed by atoms with Gasteiger partial charge in [0.2, 0.25) is 15.9 Å². The van der Waals surface area contributed by atoms with E-state index in [4.69, 9.17) is 14.6 Å². The van der Waals surface area contributed by atoms with Crippen LogP contribution < -0.4 is 10.1 Å². The predicted molar refractivity (Wildman–Crippen MR) is 152 cm³/mol. The lowest BCUT2D eigenvalue weighted by atomic mass is 10.0. The fraction of sp³-hybridized carbons (Fsp3) is 0.483. The molecule has 2 aromatic rings. The van der Waals surface area contributed by atoms with E-state index < -0.39 is 45.7 Å². The molecule has 11 nitrogen and oxygen atoms in total. The second kappa shape index (κ2) is 13.5. The number of sulfonamides is 1. The van der Waals surface area contributed by atoms with Gasteiger partial charge in [0.15, 0.2) is 0 Å². The molecule has 0 aliphatic carbocycles. The van der Waals surface area contributed by atoms with Crippen LogP contribution in [-0.4, -0.2) is 85.1 Å². The van der Waals surface area contributed by atoms with Crippen LogP contribution in [0.1, 0.15) is 44.7 Å². The highest BCUT2D eigenvalue weighted by Crippen LogP contribution is 2.27. The molecular weight excluding hydrogens is 550 g/mol. The minimum Gasteiger partial charge on any atom is -0.458 e. The number of hydrogen-bond donors (Lipinski definition) is 2. The van der Waals surface area contributed by atoms with Gasteiger partial charge < -0.3 is 24.8 Å². The molecule has 0 saturated carbocycles. The van der Waals surface area contributed by atoms with E-state index in [-0.39, 0.29) is 36.8 Å². The number of aliphatic hydroxyl groups excluding tert-OH is 1. The van der Waals surface area contributed by atoms with E-state index in [2.05, 4.69) is 5.32 Å². The smallest absolute Gasteiger partial charge is 0.415 e. The van der Waals surface area contributed by atoms with Gasteiger partial charge in [-0.3, -0.25) is 4.79 Å². The Morgan fingerprint density at radius 2 is 1.73 bits per heavy atom. The summed E-state index contributed by atoms with van der Waals surface area (Å²) >= 11 is 0. The Hall–Kier alpha value is -3.48. The highest BCUT2D eigenvalue weighted by atomic mass is 32.2. The fourth-order valence-corrected chi connectivity index (χ4v) is 5.98. The lowest BCUT2D eigenvalue weighted by Gasteiger charge is -2.28. The van der Waals surface area contributed by atoms with Gasteiger partial charge in [0.05, 0.1) is 11.5 Å². The summed E-state index contributed by atoms with van der Waals surface area (Å²) in [6, 6.07) is 10.8. The Morgan fingerprint density at radius 1 is 1.10 bits per heavy atom. The maximum absolute atomic E-state index is 13.4. The number of amides is 2. The van der Waals surface area contributed by atoms with Crippen molar-refractivity contribution in [1.82, 2.24) is 14.5 Å². The van der Waals surface area contributed by atoms with Crippen LogP contribution in [0.3, 0.4) is 0 Å². The molecule has 0 radical (unpaired) electrons. The number of aryl methyl sites for hydroxylation is 1. The zero-order valence-corrected chi connectivity index (χ0v) is 24.9. The third kappa shape index (κ3) is 8.75. The molecule has 0 bridgehead atoms. The topological polar surface area (TPSA) is 143 Å². The third-order valence-electron chi connectivity index (χ3n) is 6.46. The first-order valence-corrected chi connectivity index (χ1v) is 14.9. The lowest BCUT2D eigenvalue weighted by molar-refractivity contribution is -0.158. The average Bonchev–Trinajstić information content (AvgIpc) is 3.40. The average molecular weight is 590 g/mol. The standard InChI is InChI=1S/C29H39N3O8S/c1-20-8-14-23(15-9-20)41(37,38)32-16-6-7-25(32)26(34)30-24(27(35)40-29(2,3)4)19-21-10-12-22(13-11-21)39-28(36)31(5)17-18-33/h8-15,24-25,33H,6-7,16-19H2,1-5H3,(H,30,34). The predicted octanol–water partition coefficient (Wildman–Crippen LogP) is 2.64. The van der Waals surface area contributed by atoms with Crippen molar-refractivity contribution in [2.75, 3.05) is 26.7 Å². The molecule has 1 heterocycles. The number of nitrogens with one attached hydrogen (secondary N) is 1. The minimum atomic E-state index is -3.92. The van der Waals surface area contributed by atoms with E-state index in [0.717, 1.165) is 5.56 Å². The minimum absolute atomic E-state index is 0.0662. The molecular formula is C29H39N3O8S. The second-order valence-electron chi connectivity index (χ2n) is 11.0. The quantitative estimate of drug-likeness (QED) is 0.403. The number of aliphatic hydroxyl groups is 1. The zero-order valence-electron chi connectivity index (χ0n) is 24.1. The molecule has 2 N–H and O–H groups in total. The van der Waals surface area contributed by atoms with E-state index in [9.17, 15) is 22.8 Å². The summed E-state index contributed by atoms with van der Waals surface area (Å²) < 4.78 is 38.7. The SMILES string of the molecule is Cc1ccc(S(=O)(=O)N2CCCC2C(=O)NC(Cc2ccc(OC(=O)N(C)CCO)cc2)C(=O)OC(C)(C)C)cc1. The van der Waals surface area contributed by atoms with Gasteiger partial charge in [0.1, 0.15) is 23.4 Å². The van der Waals surface area contributed by atoms with Crippen LogP contribution in [0.5, 0.6) is 5.75 Å². The van der Waals surface area contributed by atoms with Crippen LogP contribution in [0.25, 0.3) is 0 Å². The molecule has 3 rings (SSSR count). The summed E-state index contributed by atoms with van der Waals surface area (Å²) in [4.78, 5) is 40.0. The third-order valence-corrected chi connectivity index (χ3v) is 8.38. The molecule has 2 aromatic carbocycles. The van der Waals surface area contributed by atoms with Crippen molar-refractivity contribution < 1.29 is 37.4 Å². The Kier molecular flexibility index (Phi) is 10.5. The van der Waals surface area contributed by atoms with Gasteiger partial charge >= 0.3 is 12.1 Å². The van der Waals surface area contributed by atoms with Gasteiger partial charge in [-0.25, -0.2) is 18.0 Å². The van der Waals surface area contributed by atoms with Crippen LogP contribution in [-0.2, 0) is 30.8 Å². The molecule has 224 valence electrons. The van der Waals surface area contributed by atoms with Gasteiger partial charge in [0.25, 0.3) is 0 Å². The van der Waals surface area contributed by atoms with Gasteiger partial charge in [0, 0.05) is 26.6 Å². The molecule has 41 heavy (non-hydrogen) atoms. The first-order valence-electron chi connectivity index (χ1n) is 13.5. The van der Waals surface area contributed by atoms with Gasteiger partial charge in [-0.2, -0.15) is 4.31 Å². The highest BCUT2D eigenvalue weighted by Gasteiger charge is 2.41. The number of rotatable bonds is 10. The van der Waals surface area contributed by atoms with E-state index in [1.165, 1.54) is 28.4 Å². The molecule has 2 unspecified atom stereocenters. The van der Waals surface area contributed by atoms with Crippen LogP contribution in [0, 0.1) is 6.92 Å². The summed E-state index contributed by atoms with van der Waals surface area (Å²) in [6.07, 6.45) is 0.264. The Morgan fingerprint density at radius 3 is 2.32 bits per heavy atom. The molecule has 2 atom stereocenters. The maximum atomic E-state index is 13.4. The first-order chi connectivity index (χ1) is 19.2. The van der Waals surface area contributed by atoms with Crippen molar-refractivity contribution >= 4 is 28.0 Å². The highest BCUT2D eigenvalue weighted by molar-refractivity contribution is 7.89. The van der Waals surface area contributed by atoms with Gasteiger partial charge in [-0.1, -0.05) is 29.8 Å². The van der Waals surface area contributed by atoms with E-state index >= 15 is 0 Å². The normalized spacial score (nSPS) is 16.6. The summed E-state index contributed by atoms with van der Waals surface area (Å²) in [5.74, 6) is -0.964. The molecule has 1 fully saturated rings. The molecule has 2 amide bonds. The number of likely N-dealkylation sites (N-methyl/N-ethyl adjacent to an activating group) is 1. The van der Waals surface area contributed by atoms with Crippen molar-refractivity contribution in [1.29, 1.82) is 0 Å². The monoisotopic (exact) mass is 589 g/mol. The molecule has 1 aliphatic rings. The van der Waals surface area contributed by atoms with Crippen molar-refractivity contribution in [2.45, 2.75) is 69.5 Å². The Labute approximate surface area is 241 Å². The summed E-state index contributed by atoms with van der Waals surface area (Å²) in [6.45, 7) is 7.13. The Bertz CT molecular complexity index is 1320. The molecule has 1 saturated heterocycles. The molecule has 12 heteroatoms. The number of nitrogens with zero attached hydrogens (tertiary/aromatic N) is 2.